The fraction of sp³-hybridized carbons (Fsp3) is 0.438. The Morgan fingerprint density at radius 3 is 2.14 bits per heavy atom. The van der Waals surface area contributed by atoms with E-state index in [1.54, 1.807) is 24.3 Å². The van der Waals surface area contributed by atoms with Crippen molar-refractivity contribution in [3.05, 3.63) is 34.9 Å². The highest BCUT2D eigenvalue weighted by Crippen LogP contribution is 2.55. The van der Waals surface area contributed by atoms with E-state index in [1.165, 1.54) is 0 Å². The zero-order valence-corrected chi connectivity index (χ0v) is 12.5. The Labute approximate surface area is 132 Å². The van der Waals surface area contributed by atoms with Crippen molar-refractivity contribution >= 4 is 29.3 Å². The SMILES string of the molecule is O=C(NN1C(=O)[C@@H]2[C@H]3CC[C@@H](C3)[C@@H]2C1=O)c1ccc(Cl)cc1. The molecule has 2 aliphatic carbocycles. The first-order chi connectivity index (χ1) is 10.6. The molecule has 4 atom stereocenters. The number of halogens is 1. The molecule has 0 aromatic heterocycles. The molecule has 3 aliphatic rings. The van der Waals surface area contributed by atoms with Gasteiger partial charge in [-0.15, -0.1) is 0 Å². The van der Waals surface area contributed by atoms with Gasteiger partial charge in [0.15, 0.2) is 0 Å². The van der Waals surface area contributed by atoms with Crippen molar-refractivity contribution in [1.29, 1.82) is 0 Å². The Morgan fingerprint density at radius 1 is 1.05 bits per heavy atom. The quantitative estimate of drug-likeness (QED) is 0.848. The first-order valence-electron chi connectivity index (χ1n) is 7.50. The average Bonchev–Trinajstić information content (AvgIpc) is 3.17. The molecule has 1 saturated heterocycles. The number of hydrazine groups is 1. The largest absolute Gasteiger partial charge is 0.272 e. The molecule has 0 unspecified atom stereocenters. The van der Waals surface area contributed by atoms with Crippen molar-refractivity contribution in [2.45, 2.75) is 19.3 Å². The number of nitrogens with zero attached hydrogens (tertiary/aromatic N) is 1. The second kappa shape index (κ2) is 4.81. The zero-order chi connectivity index (χ0) is 15.4. The first-order valence-corrected chi connectivity index (χ1v) is 7.88. The van der Waals surface area contributed by atoms with E-state index in [9.17, 15) is 14.4 Å². The van der Waals surface area contributed by atoms with Crippen molar-refractivity contribution in [1.82, 2.24) is 10.4 Å². The number of imide groups is 1. The number of fused-ring (bicyclic) bond motifs is 5. The lowest BCUT2D eigenvalue weighted by molar-refractivity contribution is -0.143. The summed E-state index contributed by atoms with van der Waals surface area (Å²) in [4.78, 5) is 37.2. The maximum atomic E-state index is 12.5. The predicted octanol–water partition coefficient (Wildman–Crippen LogP) is 2.02. The maximum absolute atomic E-state index is 12.5. The Kier molecular flexibility index (Phi) is 3.01. The van der Waals surface area contributed by atoms with E-state index < -0.39 is 5.91 Å². The monoisotopic (exact) mass is 318 g/mol. The third-order valence-electron chi connectivity index (χ3n) is 5.25. The molecule has 114 valence electrons. The molecule has 6 heteroatoms. The Morgan fingerprint density at radius 2 is 1.59 bits per heavy atom. The normalized spacial score (nSPS) is 32.5. The fourth-order valence-corrected chi connectivity index (χ4v) is 4.41. The summed E-state index contributed by atoms with van der Waals surface area (Å²) in [6.07, 6.45) is 3.01. The molecule has 0 radical (unpaired) electrons. The number of carbonyl (C=O) groups excluding carboxylic acids is 3. The van der Waals surface area contributed by atoms with Gasteiger partial charge in [-0.25, -0.2) is 0 Å². The van der Waals surface area contributed by atoms with Crippen molar-refractivity contribution < 1.29 is 14.4 Å². The van der Waals surface area contributed by atoms with Crippen molar-refractivity contribution in [2.75, 3.05) is 0 Å². The van der Waals surface area contributed by atoms with Gasteiger partial charge in [-0.2, -0.15) is 5.01 Å². The van der Waals surface area contributed by atoms with Gasteiger partial charge in [0.2, 0.25) is 0 Å². The third-order valence-corrected chi connectivity index (χ3v) is 5.50. The minimum atomic E-state index is -0.467. The molecule has 2 bridgehead atoms. The summed E-state index contributed by atoms with van der Waals surface area (Å²) in [7, 11) is 0. The second-order valence-electron chi connectivity index (χ2n) is 6.34. The Hall–Kier alpha value is -1.88. The lowest BCUT2D eigenvalue weighted by atomic mass is 9.81. The van der Waals surface area contributed by atoms with Crippen molar-refractivity contribution in [3.63, 3.8) is 0 Å². The van der Waals surface area contributed by atoms with Crippen LogP contribution in [0.15, 0.2) is 24.3 Å². The third kappa shape index (κ3) is 1.88. The van der Waals surface area contributed by atoms with E-state index in [0.29, 0.717) is 22.4 Å². The maximum Gasteiger partial charge on any atom is 0.270 e. The fourth-order valence-electron chi connectivity index (χ4n) is 4.29. The number of hydrogen-bond donors (Lipinski definition) is 1. The van der Waals surface area contributed by atoms with Crippen LogP contribution in [-0.2, 0) is 9.59 Å². The average molecular weight is 319 g/mol. The summed E-state index contributed by atoms with van der Waals surface area (Å²) in [5.41, 5.74) is 2.83. The topological polar surface area (TPSA) is 66.5 Å². The molecule has 1 N–H and O–H groups in total. The highest BCUT2D eigenvalue weighted by molar-refractivity contribution is 6.30. The summed E-state index contributed by atoms with van der Waals surface area (Å²) >= 11 is 5.79. The number of hydrogen-bond acceptors (Lipinski definition) is 3. The van der Waals surface area contributed by atoms with Gasteiger partial charge in [-0.1, -0.05) is 11.6 Å². The highest BCUT2D eigenvalue weighted by Gasteiger charge is 2.61. The predicted molar refractivity (Wildman–Crippen MR) is 78.6 cm³/mol. The first kappa shape index (κ1) is 13.8. The van der Waals surface area contributed by atoms with Crippen LogP contribution in [0.2, 0.25) is 5.02 Å². The van der Waals surface area contributed by atoms with E-state index in [1.807, 2.05) is 0 Å². The molecular weight excluding hydrogens is 304 g/mol. The molecule has 4 rings (SSSR count). The molecule has 2 saturated carbocycles. The van der Waals surface area contributed by atoms with Crippen LogP contribution in [0.5, 0.6) is 0 Å². The standard InChI is InChI=1S/C16H15ClN2O3/c17-11-5-3-8(4-6-11)14(20)18-19-15(21)12-9-1-2-10(7-9)13(12)16(19)22/h3-6,9-10,12-13H,1-2,7H2,(H,18,20)/t9-,10-,12-,13+/m0/s1. The highest BCUT2D eigenvalue weighted by atomic mass is 35.5. The Balaban J connectivity index is 1.54. The molecule has 1 heterocycles. The molecule has 3 fully saturated rings. The van der Waals surface area contributed by atoms with Gasteiger partial charge in [0.25, 0.3) is 17.7 Å². The molecular formula is C16H15ClN2O3. The number of benzene rings is 1. The molecule has 1 aromatic rings. The second-order valence-corrected chi connectivity index (χ2v) is 6.78. The number of rotatable bonds is 2. The van der Waals surface area contributed by atoms with Crippen LogP contribution in [0.4, 0.5) is 0 Å². The molecule has 22 heavy (non-hydrogen) atoms. The molecule has 5 nitrogen and oxygen atoms in total. The number of carbonyl (C=O) groups is 3. The number of nitrogens with one attached hydrogen (secondary N) is 1. The number of amides is 3. The van der Waals surface area contributed by atoms with Crippen LogP contribution in [0, 0.1) is 23.7 Å². The molecule has 1 aliphatic heterocycles. The van der Waals surface area contributed by atoms with Crippen LogP contribution in [0.1, 0.15) is 29.6 Å². The van der Waals surface area contributed by atoms with Gasteiger partial charge in [0.1, 0.15) is 0 Å². The van der Waals surface area contributed by atoms with E-state index in [-0.39, 0.29) is 23.7 Å². The minimum Gasteiger partial charge on any atom is -0.272 e. The van der Waals surface area contributed by atoms with Gasteiger partial charge >= 0.3 is 0 Å². The summed E-state index contributed by atoms with van der Waals surface area (Å²) in [5.74, 6) is -0.791. The lowest BCUT2D eigenvalue weighted by Gasteiger charge is -2.19. The minimum absolute atomic E-state index is 0.225. The Bertz CT molecular complexity index is 644. The molecule has 1 aromatic carbocycles. The van der Waals surface area contributed by atoms with Crippen molar-refractivity contribution in [3.8, 4) is 0 Å². The van der Waals surface area contributed by atoms with E-state index in [4.69, 9.17) is 11.6 Å². The molecule has 0 spiro atoms. The van der Waals surface area contributed by atoms with Crippen LogP contribution in [0.3, 0.4) is 0 Å². The summed E-state index contributed by atoms with van der Waals surface area (Å²) in [6, 6.07) is 6.32. The lowest BCUT2D eigenvalue weighted by Crippen LogP contribution is -2.47. The summed E-state index contributed by atoms with van der Waals surface area (Å²) in [6.45, 7) is 0. The van der Waals surface area contributed by atoms with Gasteiger partial charge in [0, 0.05) is 10.6 Å². The molecule has 3 amide bonds. The van der Waals surface area contributed by atoms with Crippen LogP contribution in [0.25, 0.3) is 0 Å². The van der Waals surface area contributed by atoms with E-state index in [0.717, 1.165) is 24.3 Å². The summed E-state index contributed by atoms with van der Waals surface area (Å²) in [5, 5.41) is 1.47. The van der Waals surface area contributed by atoms with Crippen molar-refractivity contribution in [2.24, 2.45) is 23.7 Å². The smallest absolute Gasteiger partial charge is 0.270 e. The van der Waals surface area contributed by atoms with Crippen LogP contribution < -0.4 is 5.43 Å². The van der Waals surface area contributed by atoms with Gasteiger partial charge < -0.3 is 0 Å². The van der Waals surface area contributed by atoms with Crippen LogP contribution >= 0.6 is 11.6 Å². The van der Waals surface area contributed by atoms with Crippen LogP contribution in [-0.4, -0.2) is 22.7 Å². The summed E-state index contributed by atoms with van der Waals surface area (Å²) < 4.78 is 0. The van der Waals surface area contributed by atoms with Gasteiger partial charge in [-0.3, -0.25) is 19.8 Å². The van der Waals surface area contributed by atoms with Gasteiger partial charge in [-0.05, 0) is 55.4 Å². The van der Waals surface area contributed by atoms with E-state index >= 15 is 0 Å². The van der Waals surface area contributed by atoms with E-state index in [2.05, 4.69) is 5.43 Å². The zero-order valence-electron chi connectivity index (χ0n) is 11.8. The van der Waals surface area contributed by atoms with Gasteiger partial charge in [0.05, 0.1) is 11.8 Å².